The van der Waals surface area contributed by atoms with E-state index in [1.807, 2.05) is 0 Å². The van der Waals surface area contributed by atoms with E-state index in [4.69, 9.17) is 9.84 Å². The summed E-state index contributed by atoms with van der Waals surface area (Å²) in [6, 6.07) is 0. The summed E-state index contributed by atoms with van der Waals surface area (Å²) >= 11 is 1.44. The molecule has 0 aromatic carbocycles. The van der Waals surface area contributed by atoms with Crippen molar-refractivity contribution in [1.29, 1.82) is 0 Å². The van der Waals surface area contributed by atoms with Crippen molar-refractivity contribution in [2.45, 2.75) is 25.7 Å². The SMILES string of the molecule is O=C(O)Cc1csc(NCCCOCC2CC2)n1. The van der Waals surface area contributed by atoms with Gasteiger partial charge < -0.3 is 15.2 Å². The van der Waals surface area contributed by atoms with Crippen molar-refractivity contribution in [2.75, 3.05) is 25.1 Å². The Kier molecular flexibility index (Phi) is 4.95. The molecule has 1 aliphatic carbocycles. The van der Waals surface area contributed by atoms with Crippen molar-refractivity contribution in [3.05, 3.63) is 11.1 Å². The van der Waals surface area contributed by atoms with Crippen LogP contribution in [0.25, 0.3) is 0 Å². The van der Waals surface area contributed by atoms with Gasteiger partial charge in [0.1, 0.15) is 0 Å². The Hall–Kier alpha value is -1.14. The monoisotopic (exact) mass is 270 g/mol. The van der Waals surface area contributed by atoms with Gasteiger partial charge in [-0.05, 0) is 25.2 Å². The van der Waals surface area contributed by atoms with Crippen molar-refractivity contribution < 1.29 is 14.6 Å². The van der Waals surface area contributed by atoms with E-state index in [9.17, 15) is 4.79 Å². The third kappa shape index (κ3) is 5.01. The molecule has 2 N–H and O–H groups in total. The lowest BCUT2D eigenvalue weighted by atomic mass is 10.3. The second-order valence-corrected chi connectivity index (χ2v) is 5.37. The minimum Gasteiger partial charge on any atom is -0.481 e. The molecule has 0 radical (unpaired) electrons. The van der Waals surface area contributed by atoms with Crippen LogP contribution >= 0.6 is 11.3 Å². The molecule has 1 aliphatic rings. The van der Waals surface area contributed by atoms with E-state index in [-0.39, 0.29) is 6.42 Å². The first-order valence-electron chi connectivity index (χ1n) is 6.22. The van der Waals surface area contributed by atoms with E-state index in [0.717, 1.165) is 37.2 Å². The standard InChI is InChI=1S/C12H18N2O3S/c15-11(16)6-10-8-18-12(14-10)13-4-1-5-17-7-9-2-3-9/h8-9H,1-7H2,(H,13,14)(H,15,16). The Morgan fingerprint density at radius 1 is 1.61 bits per heavy atom. The molecule has 100 valence electrons. The van der Waals surface area contributed by atoms with Gasteiger partial charge >= 0.3 is 5.97 Å². The number of rotatable bonds is 9. The zero-order chi connectivity index (χ0) is 12.8. The molecule has 1 heterocycles. The highest BCUT2D eigenvalue weighted by Crippen LogP contribution is 2.28. The van der Waals surface area contributed by atoms with Crippen LogP contribution in [-0.2, 0) is 16.0 Å². The van der Waals surface area contributed by atoms with Gasteiger partial charge in [-0.3, -0.25) is 4.79 Å². The van der Waals surface area contributed by atoms with Crippen LogP contribution in [-0.4, -0.2) is 35.8 Å². The molecule has 0 atom stereocenters. The van der Waals surface area contributed by atoms with Crippen LogP contribution in [0.3, 0.4) is 0 Å². The fourth-order valence-electron chi connectivity index (χ4n) is 1.53. The lowest BCUT2D eigenvalue weighted by Crippen LogP contribution is -2.07. The predicted octanol–water partition coefficient (Wildman–Crippen LogP) is 2.00. The van der Waals surface area contributed by atoms with Crippen LogP contribution in [0.1, 0.15) is 25.0 Å². The average Bonchev–Trinajstić information content (AvgIpc) is 3.04. The summed E-state index contributed by atoms with van der Waals surface area (Å²) in [5, 5.41) is 14.4. The quantitative estimate of drug-likeness (QED) is 0.672. The highest BCUT2D eigenvalue weighted by molar-refractivity contribution is 7.13. The number of nitrogens with zero attached hydrogens (tertiary/aromatic N) is 1. The van der Waals surface area contributed by atoms with Crippen molar-refractivity contribution in [3.8, 4) is 0 Å². The van der Waals surface area contributed by atoms with Crippen LogP contribution in [0, 0.1) is 5.92 Å². The van der Waals surface area contributed by atoms with Crippen LogP contribution < -0.4 is 5.32 Å². The van der Waals surface area contributed by atoms with E-state index < -0.39 is 5.97 Å². The lowest BCUT2D eigenvalue weighted by Gasteiger charge is -2.03. The minimum atomic E-state index is -0.847. The molecule has 18 heavy (non-hydrogen) atoms. The molecule has 1 saturated carbocycles. The van der Waals surface area contributed by atoms with Gasteiger partial charge in [-0.2, -0.15) is 0 Å². The van der Waals surface area contributed by atoms with Gasteiger partial charge in [-0.15, -0.1) is 11.3 Å². The molecule has 0 amide bonds. The van der Waals surface area contributed by atoms with Gasteiger partial charge in [0.15, 0.2) is 5.13 Å². The molecule has 5 nitrogen and oxygen atoms in total. The maximum absolute atomic E-state index is 10.5. The predicted molar refractivity (Wildman–Crippen MR) is 70.1 cm³/mol. The molecule has 1 aromatic rings. The smallest absolute Gasteiger partial charge is 0.309 e. The average molecular weight is 270 g/mol. The van der Waals surface area contributed by atoms with Crippen molar-refractivity contribution in [2.24, 2.45) is 5.92 Å². The fraction of sp³-hybridized carbons (Fsp3) is 0.667. The van der Waals surface area contributed by atoms with Crippen LogP contribution in [0.4, 0.5) is 5.13 Å². The van der Waals surface area contributed by atoms with Gasteiger partial charge in [0.05, 0.1) is 12.1 Å². The summed E-state index contributed by atoms with van der Waals surface area (Å²) in [5.74, 6) is -0.0316. The highest BCUT2D eigenvalue weighted by Gasteiger charge is 2.20. The number of nitrogens with one attached hydrogen (secondary N) is 1. The maximum Gasteiger partial charge on any atom is 0.309 e. The number of carboxylic acids is 1. The van der Waals surface area contributed by atoms with Gasteiger partial charge in [0.2, 0.25) is 0 Å². The highest BCUT2D eigenvalue weighted by atomic mass is 32.1. The number of thiazole rings is 1. The van der Waals surface area contributed by atoms with E-state index >= 15 is 0 Å². The number of carbonyl (C=O) groups is 1. The van der Waals surface area contributed by atoms with Crippen LogP contribution in [0.5, 0.6) is 0 Å². The number of anilines is 1. The van der Waals surface area contributed by atoms with Gasteiger partial charge in [-0.1, -0.05) is 0 Å². The molecule has 2 rings (SSSR count). The Balaban J connectivity index is 1.54. The molecular weight excluding hydrogens is 252 g/mol. The summed E-state index contributed by atoms with van der Waals surface area (Å²) < 4.78 is 5.52. The topological polar surface area (TPSA) is 71.5 Å². The van der Waals surface area contributed by atoms with E-state index in [0.29, 0.717) is 5.69 Å². The van der Waals surface area contributed by atoms with Gasteiger partial charge in [-0.25, -0.2) is 4.98 Å². The van der Waals surface area contributed by atoms with Crippen molar-refractivity contribution >= 4 is 22.4 Å². The Bertz CT molecular complexity index is 390. The summed E-state index contributed by atoms with van der Waals surface area (Å²) in [7, 11) is 0. The van der Waals surface area contributed by atoms with Gasteiger partial charge in [0, 0.05) is 25.1 Å². The first-order valence-corrected chi connectivity index (χ1v) is 7.10. The summed E-state index contributed by atoms with van der Waals surface area (Å²) in [6.45, 7) is 2.49. The first kappa shape index (κ1) is 13.3. The largest absolute Gasteiger partial charge is 0.481 e. The van der Waals surface area contributed by atoms with E-state index in [2.05, 4.69) is 10.3 Å². The lowest BCUT2D eigenvalue weighted by molar-refractivity contribution is -0.136. The molecule has 1 fully saturated rings. The Labute approximate surface area is 110 Å². The third-order valence-corrected chi connectivity index (χ3v) is 3.53. The van der Waals surface area contributed by atoms with E-state index in [1.54, 1.807) is 5.38 Å². The van der Waals surface area contributed by atoms with E-state index in [1.165, 1.54) is 24.2 Å². The first-order chi connectivity index (χ1) is 8.74. The molecule has 0 bridgehead atoms. The molecule has 6 heteroatoms. The number of aliphatic carboxylic acids is 1. The molecule has 0 unspecified atom stereocenters. The summed E-state index contributed by atoms with van der Waals surface area (Å²) in [5.41, 5.74) is 0.611. The summed E-state index contributed by atoms with van der Waals surface area (Å²) in [6.07, 6.45) is 3.58. The van der Waals surface area contributed by atoms with Crippen molar-refractivity contribution in [1.82, 2.24) is 4.98 Å². The number of aromatic nitrogens is 1. The maximum atomic E-state index is 10.5. The number of carboxylic acid groups (broad SMARTS) is 1. The number of hydrogen-bond donors (Lipinski definition) is 2. The Morgan fingerprint density at radius 2 is 2.44 bits per heavy atom. The molecule has 0 saturated heterocycles. The third-order valence-electron chi connectivity index (χ3n) is 2.68. The zero-order valence-electron chi connectivity index (χ0n) is 10.2. The second-order valence-electron chi connectivity index (χ2n) is 4.51. The molecule has 0 spiro atoms. The molecule has 1 aromatic heterocycles. The van der Waals surface area contributed by atoms with Gasteiger partial charge in [0.25, 0.3) is 0 Å². The number of ether oxygens (including phenoxy) is 1. The zero-order valence-corrected chi connectivity index (χ0v) is 11.0. The second kappa shape index (κ2) is 6.70. The summed E-state index contributed by atoms with van der Waals surface area (Å²) in [4.78, 5) is 14.7. The Morgan fingerprint density at radius 3 is 3.17 bits per heavy atom. The molecule has 0 aliphatic heterocycles. The van der Waals surface area contributed by atoms with Crippen molar-refractivity contribution in [3.63, 3.8) is 0 Å². The normalized spacial score (nSPS) is 14.7. The number of hydrogen-bond acceptors (Lipinski definition) is 5. The minimum absolute atomic E-state index is 0.0112. The fourth-order valence-corrected chi connectivity index (χ4v) is 2.27. The van der Waals surface area contributed by atoms with Crippen LogP contribution in [0.15, 0.2) is 5.38 Å². The van der Waals surface area contributed by atoms with Crippen LogP contribution in [0.2, 0.25) is 0 Å². The molecular formula is C12H18N2O3S.